The van der Waals surface area contributed by atoms with E-state index in [0.717, 1.165) is 36.8 Å². The zero-order valence-electron chi connectivity index (χ0n) is 18.3. The van der Waals surface area contributed by atoms with Crippen LogP contribution in [0.3, 0.4) is 0 Å². The van der Waals surface area contributed by atoms with Crippen LogP contribution in [-0.4, -0.2) is 68.8 Å². The Labute approximate surface area is 198 Å². The Hall–Kier alpha value is -1.71. The summed E-state index contributed by atoms with van der Waals surface area (Å²) in [4.78, 5) is 0. The second kappa shape index (κ2) is 10.7. The topological polar surface area (TPSA) is 120 Å². The Morgan fingerprint density at radius 3 is 2.33 bits per heavy atom. The lowest BCUT2D eigenvalue weighted by molar-refractivity contribution is -0.231. The quantitative estimate of drug-likeness (QED) is 0.431. The maximum Gasteiger partial charge on any atom is 0.124 e. The van der Waals surface area contributed by atoms with Gasteiger partial charge in [0.15, 0.2) is 0 Å². The van der Waals surface area contributed by atoms with Crippen LogP contribution in [0.1, 0.15) is 48.5 Å². The van der Waals surface area contributed by atoms with Gasteiger partial charge in [0.25, 0.3) is 0 Å². The first-order valence-corrected chi connectivity index (χ1v) is 11.8. The molecule has 5 N–H and O–H groups in total. The van der Waals surface area contributed by atoms with E-state index in [2.05, 4.69) is 0 Å². The normalized spacial score (nSPS) is 32.5. The monoisotopic (exact) mass is 478 g/mol. The molecule has 1 aliphatic carbocycles. The van der Waals surface area contributed by atoms with E-state index >= 15 is 0 Å². The van der Waals surface area contributed by atoms with Gasteiger partial charge in [-0.3, -0.25) is 0 Å². The molecule has 0 bridgehead atoms. The summed E-state index contributed by atoms with van der Waals surface area (Å²) >= 11 is 6.42. The third-order valence-corrected chi connectivity index (χ3v) is 6.93. The van der Waals surface area contributed by atoms with Crippen molar-refractivity contribution in [1.82, 2.24) is 0 Å². The average Bonchev–Trinajstić information content (AvgIpc) is 2.82. The number of ether oxygens (including phenoxy) is 2. The van der Waals surface area contributed by atoms with E-state index in [0.29, 0.717) is 22.8 Å². The van der Waals surface area contributed by atoms with Crippen molar-refractivity contribution in [3.63, 3.8) is 0 Å². The molecule has 0 aromatic heterocycles. The summed E-state index contributed by atoms with van der Waals surface area (Å²) in [5, 5.41) is 50.7. The van der Waals surface area contributed by atoms with Crippen molar-refractivity contribution in [2.45, 2.75) is 74.8 Å². The molecular formula is C25H31ClO7. The number of hydrogen-bond acceptors (Lipinski definition) is 7. The van der Waals surface area contributed by atoms with Gasteiger partial charge in [-0.05, 0) is 60.6 Å². The number of aliphatic hydroxyl groups excluding tert-OH is 5. The fourth-order valence-corrected chi connectivity index (χ4v) is 4.76. The molecular weight excluding hydrogens is 448 g/mol. The molecule has 2 aliphatic rings. The van der Waals surface area contributed by atoms with Crippen LogP contribution in [0.5, 0.6) is 5.75 Å². The molecule has 2 aromatic carbocycles. The minimum Gasteiger partial charge on any atom is -0.488 e. The molecule has 1 heterocycles. The first-order chi connectivity index (χ1) is 15.9. The summed E-state index contributed by atoms with van der Waals surface area (Å²) < 4.78 is 11.6. The van der Waals surface area contributed by atoms with Gasteiger partial charge in [-0.15, -0.1) is 0 Å². The predicted molar refractivity (Wildman–Crippen MR) is 122 cm³/mol. The van der Waals surface area contributed by atoms with E-state index < -0.39 is 43.2 Å². The van der Waals surface area contributed by atoms with E-state index in [1.807, 2.05) is 24.3 Å². The summed E-state index contributed by atoms with van der Waals surface area (Å²) in [6.07, 6.45) is -2.42. The Morgan fingerprint density at radius 2 is 1.64 bits per heavy atom. The van der Waals surface area contributed by atoms with Crippen molar-refractivity contribution in [3.8, 4) is 5.75 Å². The van der Waals surface area contributed by atoms with Crippen LogP contribution in [-0.2, 0) is 11.2 Å². The largest absolute Gasteiger partial charge is 0.488 e. The number of benzene rings is 2. The van der Waals surface area contributed by atoms with Crippen LogP contribution < -0.4 is 4.74 Å². The second-order valence-electron chi connectivity index (χ2n) is 8.93. The highest BCUT2D eigenvalue weighted by atomic mass is 35.5. The number of rotatable bonds is 6. The molecule has 2 aromatic rings. The van der Waals surface area contributed by atoms with Crippen LogP contribution >= 0.6 is 11.6 Å². The molecule has 33 heavy (non-hydrogen) atoms. The van der Waals surface area contributed by atoms with Gasteiger partial charge in [0, 0.05) is 5.02 Å². The van der Waals surface area contributed by atoms with Gasteiger partial charge in [-0.25, -0.2) is 0 Å². The van der Waals surface area contributed by atoms with Crippen molar-refractivity contribution in [1.29, 1.82) is 0 Å². The van der Waals surface area contributed by atoms with Crippen molar-refractivity contribution < 1.29 is 35.0 Å². The molecule has 0 radical (unpaired) electrons. The molecule has 180 valence electrons. The molecule has 0 spiro atoms. The van der Waals surface area contributed by atoms with Crippen molar-refractivity contribution in [2.24, 2.45) is 0 Å². The maximum atomic E-state index is 10.4. The van der Waals surface area contributed by atoms with Crippen molar-refractivity contribution >= 4 is 11.6 Å². The molecule has 1 saturated carbocycles. The van der Waals surface area contributed by atoms with Gasteiger partial charge in [0.1, 0.15) is 42.4 Å². The number of halogens is 1. The smallest absolute Gasteiger partial charge is 0.124 e. The Morgan fingerprint density at radius 1 is 0.909 bits per heavy atom. The highest BCUT2D eigenvalue weighted by Gasteiger charge is 2.44. The SMILES string of the molecule is OC[C@H]1O[C@@H](c2ccc(Cl)c(Cc3ccc(O[C@@H]4CCCC[C@@H]4O)cc3)c2)[C@H](O)[C@@H](O)[C@@H]1O. The third kappa shape index (κ3) is 5.52. The molecule has 7 nitrogen and oxygen atoms in total. The molecule has 2 fully saturated rings. The highest BCUT2D eigenvalue weighted by molar-refractivity contribution is 6.31. The Bertz CT molecular complexity index is 919. The Balaban J connectivity index is 1.47. The number of hydrogen-bond donors (Lipinski definition) is 5. The highest BCUT2D eigenvalue weighted by Crippen LogP contribution is 2.34. The molecule has 1 aliphatic heterocycles. The minimum absolute atomic E-state index is 0.172. The van der Waals surface area contributed by atoms with E-state index in [1.165, 1.54) is 0 Å². The second-order valence-corrected chi connectivity index (χ2v) is 9.34. The van der Waals surface area contributed by atoms with Crippen LogP contribution in [0.2, 0.25) is 5.02 Å². The van der Waals surface area contributed by atoms with E-state index in [4.69, 9.17) is 21.1 Å². The molecule has 0 unspecified atom stereocenters. The van der Waals surface area contributed by atoms with Crippen LogP contribution in [0.25, 0.3) is 0 Å². The van der Waals surface area contributed by atoms with Gasteiger partial charge in [-0.1, -0.05) is 42.3 Å². The Kier molecular flexibility index (Phi) is 7.91. The lowest BCUT2D eigenvalue weighted by atomic mass is 9.90. The maximum absolute atomic E-state index is 10.4. The average molecular weight is 479 g/mol. The summed E-state index contributed by atoms with van der Waals surface area (Å²) in [6.45, 7) is -0.478. The lowest BCUT2D eigenvalue weighted by Gasteiger charge is -2.40. The number of aliphatic hydroxyl groups is 5. The van der Waals surface area contributed by atoms with Crippen molar-refractivity contribution in [3.05, 3.63) is 64.2 Å². The zero-order valence-corrected chi connectivity index (χ0v) is 19.0. The lowest BCUT2D eigenvalue weighted by Crippen LogP contribution is -2.55. The van der Waals surface area contributed by atoms with Gasteiger partial charge in [0.2, 0.25) is 0 Å². The van der Waals surface area contributed by atoms with Gasteiger partial charge in [-0.2, -0.15) is 0 Å². The zero-order chi connectivity index (χ0) is 23.5. The first kappa shape index (κ1) is 24.4. The van der Waals surface area contributed by atoms with E-state index in [9.17, 15) is 25.5 Å². The summed E-state index contributed by atoms with van der Waals surface area (Å²) in [5.41, 5.74) is 2.40. The molecule has 7 atom stereocenters. The van der Waals surface area contributed by atoms with E-state index in [1.54, 1.807) is 18.2 Å². The predicted octanol–water partition coefficient (Wildman–Crippen LogP) is 2.13. The summed E-state index contributed by atoms with van der Waals surface area (Å²) in [6, 6.07) is 12.9. The van der Waals surface area contributed by atoms with Gasteiger partial charge >= 0.3 is 0 Å². The summed E-state index contributed by atoms with van der Waals surface area (Å²) in [7, 11) is 0. The first-order valence-electron chi connectivity index (χ1n) is 11.4. The van der Waals surface area contributed by atoms with Gasteiger partial charge in [0.05, 0.1) is 12.7 Å². The fourth-order valence-electron chi connectivity index (χ4n) is 4.58. The molecule has 1 saturated heterocycles. The minimum atomic E-state index is -1.43. The third-order valence-electron chi connectivity index (χ3n) is 6.56. The van der Waals surface area contributed by atoms with Crippen LogP contribution in [0.4, 0.5) is 0 Å². The summed E-state index contributed by atoms with van der Waals surface area (Å²) in [5.74, 6) is 0.714. The van der Waals surface area contributed by atoms with Gasteiger partial charge < -0.3 is 35.0 Å². The van der Waals surface area contributed by atoms with Crippen LogP contribution in [0.15, 0.2) is 42.5 Å². The van der Waals surface area contributed by atoms with Crippen molar-refractivity contribution in [2.75, 3.05) is 6.61 Å². The molecule has 8 heteroatoms. The standard InChI is InChI=1S/C25H31ClO7/c26-18-10-7-15(25-24(31)23(30)22(29)21(13-27)33-25)12-16(18)11-14-5-8-17(9-6-14)32-20-4-2-1-3-19(20)28/h5-10,12,19-25,27-31H,1-4,11,13H2/t19-,20+,21+,22+,23-,24+,25-/m0/s1. The fraction of sp³-hybridized carbons (Fsp3) is 0.520. The molecule has 0 amide bonds. The molecule has 4 rings (SSSR count). The van der Waals surface area contributed by atoms with Crippen LogP contribution in [0, 0.1) is 0 Å². The van der Waals surface area contributed by atoms with E-state index in [-0.39, 0.29) is 6.10 Å².